The zero-order valence-corrected chi connectivity index (χ0v) is 9.56. The van der Waals surface area contributed by atoms with Crippen LogP contribution < -0.4 is 4.94 Å². The number of benzene rings is 1. The largest absolute Gasteiger partial charge is 0.475 e. The summed E-state index contributed by atoms with van der Waals surface area (Å²) in [5.41, 5.74) is 1.45. The summed E-state index contributed by atoms with van der Waals surface area (Å²) in [6.45, 7) is 0. The zero-order valence-electron chi connectivity index (χ0n) is 8.75. The molecule has 0 saturated carbocycles. The Hall–Kier alpha value is -2.41. The van der Waals surface area contributed by atoms with Crippen LogP contribution in [0.4, 0.5) is 0 Å². The molecule has 3 rings (SSSR count). The molecule has 0 fully saturated rings. The number of nitrogens with zero attached hydrogens (tertiary/aromatic N) is 1. The first-order chi connectivity index (χ1) is 8.63. The van der Waals surface area contributed by atoms with Crippen molar-refractivity contribution in [3.63, 3.8) is 0 Å². The maximum absolute atomic E-state index is 11.1. The lowest BCUT2D eigenvalue weighted by molar-refractivity contribution is 0.0652. The van der Waals surface area contributed by atoms with Gasteiger partial charge in [-0.2, -0.15) is 0 Å². The predicted molar refractivity (Wildman–Crippen MR) is 62.8 cm³/mol. The van der Waals surface area contributed by atoms with Crippen molar-refractivity contribution in [2.75, 3.05) is 0 Å². The number of hydrogen-bond acceptors (Lipinski definition) is 6. The molecule has 2 heterocycles. The average molecular weight is 263 g/mol. The Morgan fingerprint density at radius 1 is 1.33 bits per heavy atom. The summed E-state index contributed by atoms with van der Waals surface area (Å²) in [7, 11) is 0. The Morgan fingerprint density at radius 3 is 2.89 bits per heavy atom. The summed E-state index contributed by atoms with van der Waals surface area (Å²) in [5, 5.41) is 12.4. The monoisotopic (exact) mass is 263 g/mol. The van der Waals surface area contributed by atoms with Gasteiger partial charge >= 0.3 is 10.9 Å². The van der Waals surface area contributed by atoms with Crippen molar-refractivity contribution < 1.29 is 18.8 Å². The van der Waals surface area contributed by atoms with Crippen molar-refractivity contribution in [3.8, 4) is 11.3 Å². The second kappa shape index (κ2) is 3.81. The minimum atomic E-state index is -1.18. The Bertz CT molecular complexity index is 797. The number of hydrogen-bond donors (Lipinski definition) is 1. The van der Waals surface area contributed by atoms with Crippen LogP contribution in [0.2, 0.25) is 0 Å². The van der Waals surface area contributed by atoms with Crippen molar-refractivity contribution >= 4 is 27.6 Å². The fraction of sp³-hybridized carbons (Fsp3) is 0. The molecule has 1 N–H and O–H groups in total. The van der Waals surface area contributed by atoms with E-state index in [0.29, 0.717) is 16.8 Å². The van der Waals surface area contributed by atoms with Gasteiger partial charge in [0, 0.05) is 11.6 Å². The van der Waals surface area contributed by atoms with Crippen LogP contribution >= 0.6 is 11.3 Å². The molecule has 6 nitrogen and oxygen atoms in total. The van der Waals surface area contributed by atoms with Gasteiger partial charge in [-0.15, -0.1) is 0 Å². The topological polar surface area (TPSA) is 93.5 Å². The predicted octanol–water partition coefficient (Wildman–Crippen LogP) is 2.21. The Balaban J connectivity index is 2.12. The van der Waals surface area contributed by atoms with Crippen molar-refractivity contribution in [2.24, 2.45) is 0 Å². The third-order valence-electron chi connectivity index (χ3n) is 2.35. The molecule has 0 aliphatic rings. The van der Waals surface area contributed by atoms with Crippen LogP contribution in [0.1, 0.15) is 10.6 Å². The summed E-state index contributed by atoms with van der Waals surface area (Å²) in [6, 6.07) is 6.37. The SMILES string of the molecule is O=C(O)c1cc(-c2ccc3sc(=O)oc3c2)no1. The molecule has 90 valence electrons. The first kappa shape index (κ1) is 10.7. The standard InChI is InChI=1S/C11H5NO5S/c13-10(14)8-4-6(12-17-8)5-1-2-9-7(3-5)16-11(15)18-9/h1-4H,(H,13,14). The van der Waals surface area contributed by atoms with Gasteiger partial charge in [-0.05, 0) is 12.1 Å². The molecule has 0 aliphatic heterocycles. The second-order valence-electron chi connectivity index (χ2n) is 3.50. The molecule has 18 heavy (non-hydrogen) atoms. The van der Waals surface area contributed by atoms with Crippen LogP contribution in [0.3, 0.4) is 0 Å². The summed E-state index contributed by atoms with van der Waals surface area (Å²) in [4.78, 5) is 21.4. The number of carboxylic acids is 1. The minimum absolute atomic E-state index is 0.239. The van der Waals surface area contributed by atoms with Crippen LogP contribution in [0.5, 0.6) is 0 Å². The van der Waals surface area contributed by atoms with Crippen molar-refractivity contribution in [1.29, 1.82) is 0 Å². The third-order valence-corrected chi connectivity index (χ3v) is 3.15. The van der Waals surface area contributed by atoms with Crippen molar-refractivity contribution in [1.82, 2.24) is 5.16 Å². The molecule has 0 radical (unpaired) electrons. The number of rotatable bonds is 2. The van der Waals surface area contributed by atoms with Gasteiger partial charge in [0.05, 0.1) is 4.70 Å². The smallest absolute Gasteiger partial charge is 0.396 e. The molecule has 3 aromatic rings. The molecule has 2 aromatic heterocycles. The maximum Gasteiger partial charge on any atom is 0.396 e. The molecule has 1 aromatic carbocycles. The fourth-order valence-electron chi connectivity index (χ4n) is 1.54. The van der Waals surface area contributed by atoms with Crippen molar-refractivity contribution in [2.45, 2.75) is 0 Å². The van der Waals surface area contributed by atoms with Crippen molar-refractivity contribution in [3.05, 3.63) is 39.8 Å². The number of aromatic carboxylic acids is 1. The van der Waals surface area contributed by atoms with Gasteiger partial charge in [0.25, 0.3) is 0 Å². The molecular weight excluding hydrogens is 258 g/mol. The summed E-state index contributed by atoms with van der Waals surface area (Å²) < 4.78 is 10.4. The van der Waals surface area contributed by atoms with E-state index in [0.717, 1.165) is 16.0 Å². The van der Waals surface area contributed by atoms with E-state index in [4.69, 9.17) is 9.52 Å². The highest BCUT2D eigenvalue weighted by atomic mass is 32.1. The van der Waals surface area contributed by atoms with E-state index < -0.39 is 5.97 Å². The van der Waals surface area contributed by atoms with E-state index in [-0.39, 0.29) is 10.7 Å². The molecule has 0 amide bonds. The Labute approximate surface area is 103 Å². The maximum atomic E-state index is 11.1. The first-order valence-electron chi connectivity index (χ1n) is 4.87. The van der Waals surface area contributed by atoms with E-state index >= 15 is 0 Å². The van der Waals surface area contributed by atoms with Gasteiger partial charge in [-0.1, -0.05) is 22.6 Å². The fourth-order valence-corrected chi connectivity index (χ4v) is 2.19. The number of carboxylic acid groups (broad SMARTS) is 1. The van der Waals surface area contributed by atoms with Crippen LogP contribution in [0.15, 0.2) is 38.0 Å². The van der Waals surface area contributed by atoms with Gasteiger partial charge in [0.1, 0.15) is 11.3 Å². The van der Waals surface area contributed by atoms with Gasteiger partial charge in [-0.25, -0.2) is 9.59 Å². The lowest BCUT2D eigenvalue weighted by Gasteiger charge is -1.93. The molecule has 0 spiro atoms. The van der Waals surface area contributed by atoms with E-state index in [9.17, 15) is 9.59 Å². The summed E-state index contributed by atoms with van der Waals surface area (Å²) in [6.07, 6.45) is 0. The van der Waals surface area contributed by atoms with Gasteiger partial charge in [-0.3, -0.25) is 0 Å². The average Bonchev–Trinajstić information content (AvgIpc) is 2.91. The van der Waals surface area contributed by atoms with E-state index in [1.165, 1.54) is 6.07 Å². The van der Waals surface area contributed by atoms with Crippen LogP contribution in [0, 0.1) is 0 Å². The molecule has 7 heteroatoms. The Kier molecular flexibility index (Phi) is 2.27. The van der Waals surface area contributed by atoms with Gasteiger partial charge < -0.3 is 14.0 Å². The third kappa shape index (κ3) is 1.70. The minimum Gasteiger partial charge on any atom is -0.475 e. The number of carbonyl (C=O) groups is 1. The second-order valence-corrected chi connectivity index (χ2v) is 4.47. The summed E-state index contributed by atoms with van der Waals surface area (Å²) in [5.74, 6) is -1.42. The molecule has 0 saturated heterocycles. The number of aromatic nitrogens is 1. The van der Waals surface area contributed by atoms with E-state index in [1.807, 2.05) is 0 Å². The molecule has 0 aliphatic carbocycles. The molecule has 0 atom stereocenters. The van der Waals surface area contributed by atoms with E-state index in [2.05, 4.69) is 9.68 Å². The van der Waals surface area contributed by atoms with Crippen LogP contribution in [0.25, 0.3) is 21.5 Å². The lowest BCUT2D eigenvalue weighted by atomic mass is 10.1. The quantitative estimate of drug-likeness (QED) is 0.761. The van der Waals surface area contributed by atoms with Gasteiger partial charge in [0.15, 0.2) is 0 Å². The normalized spacial score (nSPS) is 10.9. The zero-order chi connectivity index (χ0) is 12.7. The summed E-state index contributed by atoms with van der Waals surface area (Å²) >= 11 is 1.01. The highest BCUT2D eigenvalue weighted by molar-refractivity contribution is 7.16. The first-order valence-corrected chi connectivity index (χ1v) is 5.69. The molecule has 0 bridgehead atoms. The molecule has 0 unspecified atom stereocenters. The lowest BCUT2D eigenvalue weighted by Crippen LogP contribution is -1.91. The highest BCUT2D eigenvalue weighted by Gasteiger charge is 2.13. The highest BCUT2D eigenvalue weighted by Crippen LogP contribution is 2.25. The Morgan fingerprint density at radius 2 is 2.17 bits per heavy atom. The molecular formula is C11H5NO5S. The van der Waals surface area contributed by atoms with Crippen LogP contribution in [-0.4, -0.2) is 16.2 Å². The van der Waals surface area contributed by atoms with Crippen LogP contribution in [-0.2, 0) is 0 Å². The van der Waals surface area contributed by atoms with E-state index in [1.54, 1.807) is 18.2 Å². The number of fused-ring (bicyclic) bond motifs is 1. The van der Waals surface area contributed by atoms with Gasteiger partial charge in [0.2, 0.25) is 5.76 Å².